The number of nitrogens with zero attached hydrogens (tertiary/aromatic N) is 1. The van der Waals surface area contributed by atoms with Crippen LogP contribution in [-0.2, 0) is 11.2 Å². The molecule has 2 amide bonds. The van der Waals surface area contributed by atoms with Gasteiger partial charge in [-0.05, 0) is 49.6 Å². The Morgan fingerprint density at radius 3 is 2.83 bits per heavy atom. The summed E-state index contributed by atoms with van der Waals surface area (Å²) < 4.78 is 0. The molecular weight excluding hydrogens is 308 g/mol. The third kappa shape index (κ3) is 3.29. The van der Waals surface area contributed by atoms with E-state index in [0.717, 1.165) is 35.6 Å². The Labute approximate surface area is 140 Å². The molecule has 1 aromatic carbocycles. The molecule has 1 aliphatic rings. The van der Waals surface area contributed by atoms with Gasteiger partial charge >= 0.3 is 0 Å². The predicted molar refractivity (Wildman–Crippen MR) is 94.4 cm³/mol. The number of carbonyl (C=O) groups excluding carboxylic acids is 2. The lowest BCUT2D eigenvalue weighted by Gasteiger charge is -2.16. The van der Waals surface area contributed by atoms with Crippen molar-refractivity contribution in [1.82, 2.24) is 0 Å². The van der Waals surface area contributed by atoms with Crippen molar-refractivity contribution in [3.63, 3.8) is 0 Å². The second-order valence-electron chi connectivity index (χ2n) is 5.72. The Bertz CT molecular complexity index is 751. The SMILES string of the molecule is CCc1sc(C(=O)Nc2cccc(N3CCCC3=O)c2)cc1C. The molecular formula is C18H20N2O2S. The quantitative estimate of drug-likeness (QED) is 0.922. The van der Waals surface area contributed by atoms with Gasteiger partial charge in [-0.15, -0.1) is 11.3 Å². The lowest BCUT2D eigenvalue weighted by atomic mass is 10.2. The highest BCUT2D eigenvalue weighted by atomic mass is 32.1. The fraction of sp³-hybridized carbons (Fsp3) is 0.333. The molecule has 0 spiro atoms. The Morgan fingerprint density at radius 1 is 1.35 bits per heavy atom. The van der Waals surface area contributed by atoms with Crippen molar-refractivity contribution in [2.75, 3.05) is 16.8 Å². The zero-order valence-electron chi connectivity index (χ0n) is 13.4. The predicted octanol–water partition coefficient (Wildman–Crippen LogP) is 4.00. The van der Waals surface area contributed by atoms with Gasteiger partial charge in [-0.2, -0.15) is 0 Å². The van der Waals surface area contributed by atoms with Crippen molar-refractivity contribution in [2.24, 2.45) is 0 Å². The van der Waals surface area contributed by atoms with E-state index in [9.17, 15) is 9.59 Å². The number of hydrogen-bond donors (Lipinski definition) is 1. The Hall–Kier alpha value is -2.14. The van der Waals surface area contributed by atoms with Gasteiger partial charge in [0, 0.05) is 29.2 Å². The lowest BCUT2D eigenvalue weighted by Crippen LogP contribution is -2.23. The number of nitrogens with one attached hydrogen (secondary N) is 1. The summed E-state index contributed by atoms with van der Waals surface area (Å²) in [4.78, 5) is 28.0. The fourth-order valence-electron chi connectivity index (χ4n) is 2.85. The maximum atomic E-state index is 12.4. The first kappa shape index (κ1) is 15.7. The first-order chi connectivity index (χ1) is 11.1. The first-order valence-electron chi connectivity index (χ1n) is 7.89. The maximum Gasteiger partial charge on any atom is 0.265 e. The molecule has 120 valence electrons. The van der Waals surface area contributed by atoms with E-state index in [-0.39, 0.29) is 11.8 Å². The molecule has 0 radical (unpaired) electrons. The Balaban J connectivity index is 1.77. The van der Waals surface area contributed by atoms with Crippen LogP contribution in [0.1, 0.15) is 39.9 Å². The fourth-order valence-corrected chi connectivity index (χ4v) is 3.86. The molecule has 1 N–H and O–H groups in total. The Kier molecular flexibility index (Phi) is 4.48. The number of amides is 2. The van der Waals surface area contributed by atoms with Crippen LogP contribution in [0.3, 0.4) is 0 Å². The number of benzene rings is 1. The number of thiophene rings is 1. The van der Waals surface area contributed by atoms with Gasteiger partial charge in [0.1, 0.15) is 0 Å². The monoisotopic (exact) mass is 328 g/mol. The van der Waals surface area contributed by atoms with Crippen LogP contribution < -0.4 is 10.2 Å². The van der Waals surface area contributed by atoms with E-state index in [1.165, 1.54) is 10.4 Å². The Morgan fingerprint density at radius 2 is 2.17 bits per heavy atom. The summed E-state index contributed by atoms with van der Waals surface area (Å²) in [7, 11) is 0. The molecule has 0 unspecified atom stereocenters. The van der Waals surface area contributed by atoms with Crippen LogP contribution in [0.25, 0.3) is 0 Å². The van der Waals surface area contributed by atoms with E-state index in [4.69, 9.17) is 0 Å². The number of aryl methyl sites for hydroxylation is 2. The zero-order chi connectivity index (χ0) is 16.4. The molecule has 2 aromatic rings. The van der Waals surface area contributed by atoms with Crippen molar-refractivity contribution < 1.29 is 9.59 Å². The van der Waals surface area contributed by atoms with E-state index in [1.54, 1.807) is 16.2 Å². The molecule has 0 saturated carbocycles. The molecule has 4 nitrogen and oxygen atoms in total. The number of hydrogen-bond acceptors (Lipinski definition) is 3. The first-order valence-corrected chi connectivity index (χ1v) is 8.71. The van der Waals surface area contributed by atoms with Crippen molar-refractivity contribution in [1.29, 1.82) is 0 Å². The number of carbonyl (C=O) groups is 2. The summed E-state index contributed by atoms with van der Waals surface area (Å²) in [5.74, 6) is 0.0534. The molecule has 5 heteroatoms. The molecule has 0 aliphatic carbocycles. The van der Waals surface area contributed by atoms with Gasteiger partial charge in [0.05, 0.1) is 4.88 Å². The summed E-state index contributed by atoms with van der Waals surface area (Å²) in [6.07, 6.45) is 2.44. The van der Waals surface area contributed by atoms with Gasteiger partial charge in [0.2, 0.25) is 5.91 Å². The van der Waals surface area contributed by atoms with Crippen molar-refractivity contribution in [2.45, 2.75) is 33.1 Å². The minimum atomic E-state index is -0.0947. The highest BCUT2D eigenvalue weighted by Gasteiger charge is 2.22. The summed E-state index contributed by atoms with van der Waals surface area (Å²) >= 11 is 1.54. The summed E-state index contributed by atoms with van der Waals surface area (Å²) in [5.41, 5.74) is 2.73. The van der Waals surface area contributed by atoms with Crippen LogP contribution in [0, 0.1) is 6.92 Å². The highest BCUT2D eigenvalue weighted by Crippen LogP contribution is 2.26. The maximum absolute atomic E-state index is 12.4. The van der Waals surface area contributed by atoms with Crippen LogP contribution >= 0.6 is 11.3 Å². The zero-order valence-corrected chi connectivity index (χ0v) is 14.2. The second kappa shape index (κ2) is 6.54. The largest absolute Gasteiger partial charge is 0.321 e. The van der Waals surface area contributed by atoms with Crippen LogP contribution in [0.5, 0.6) is 0 Å². The minimum Gasteiger partial charge on any atom is -0.321 e. The van der Waals surface area contributed by atoms with Gasteiger partial charge < -0.3 is 10.2 Å². The third-order valence-electron chi connectivity index (χ3n) is 4.05. The molecule has 1 fully saturated rings. The number of rotatable bonds is 4. The average molecular weight is 328 g/mol. The normalized spacial score (nSPS) is 14.3. The summed E-state index contributed by atoms with van der Waals surface area (Å²) in [6.45, 7) is 4.88. The second-order valence-corrected chi connectivity index (χ2v) is 6.86. The highest BCUT2D eigenvalue weighted by molar-refractivity contribution is 7.14. The van der Waals surface area contributed by atoms with Crippen LogP contribution in [0.4, 0.5) is 11.4 Å². The molecule has 1 saturated heterocycles. The minimum absolute atomic E-state index is 0.0947. The van der Waals surface area contributed by atoms with Gasteiger partial charge in [-0.3, -0.25) is 9.59 Å². The molecule has 0 bridgehead atoms. The van der Waals surface area contributed by atoms with Crippen LogP contribution in [0.2, 0.25) is 0 Å². The summed E-state index contributed by atoms with van der Waals surface area (Å²) in [5, 5.41) is 2.94. The topological polar surface area (TPSA) is 49.4 Å². The lowest BCUT2D eigenvalue weighted by molar-refractivity contribution is -0.117. The molecule has 1 aliphatic heterocycles. The molecule has 0 atom stereocenters. The van der Waals surface area contributed by atoms with E-state index in [2.05, 4.69) is 12.2 Å². The van der Waals surface area contributed by atoms with E-state index in [1.807, 2.05) is 37.3 Å². The van der Waals surface area contributed by atoms with Crippen LogP contribution in [-0.4, -0.2) is 18.4 Å². The van der Waals surface area contributed by atoms with Gasteiger partial charge in [-0.25, -0.2) is 0 Å². The summed E-state index contributed by atoms with van der Waals surface area (Å²) in [6, 6.07) is 9.43. The van der Waals surface area contributed by atoms with Crippen molar-refractivity contribution in [3.8, 4) is 0 Å². The third-order valence-corrected chi connectivity index (χ3v) is 5.43. The van der Waals surface area contributed by atoms with Gasteiger partial charge in [-0.1, -0.05) is 13.0 Å². The van der Waals surface area contributed by atoms with Crippen LogP contribution in [0.15, 0.2) is 30.3 Å². The van der Waals surface area contributed by atoms with Gasteiger partial charge in [0.25, 0.3) is 5.91 Å². The molecule has 3 rings (SSSR count). The van der Waals surface area contributed by atoms with Gasteiger partial charge in [0.15, 0.2) is 0 Å². The van der Waals surface area contributed by atoms with E-state index < -0.39 is 0 Å². The standard InChI is InChI=1S/C18H20N2O2S/c1-3-15-12(2)10-16(23-15)18(22)19-13-6-4-7-14(11-13)20-9-5-8-17(20)21/h4,6-7,10-11H,3,5,8-9H2,1-2H3,(H,19,22). The van der Waals surface area contributed by atoms with E-state index >= 15 is 0 Å². The molecule has 23 heavy (non-hydrogen) atoms. The van der Waals surface area contributed by atoms with Crippen molar-refractivity contribution in [3.05, 3.63) is 45.6 Å². The molecule has 1 aromatic heterocycles. The smallest absolute Gasteiger partial charge is 0.265 e. The average Bonchev–Trinajstić information content (AvgIpc) is 3.13. The number of anilines is 2. The molecule has 2 heterocycles. The van der Waals surface area contributed by atoms with Crippen molar-refractivity contribution >= 4 is 34.5 Å². The van der Waals surface area contributed by atoms with E-state index in [0.29, 0.717) is 6.42 Å².